The van der Waals surface area contributed by atoms with Gasteiger partial charge in [-0.15, -0.1) is 11.8 Å². The first-order valence-corrected chi connectivity index (χ1v) is 11.0. The number of hydrogen-bond donors (Lipinski definition) is 1. The lowest BCUT2D eigenvalue weighted by molar-refractivity contribution is 0.0954. The van der Waals surface area contributed by atoms with Gasteiger partial charge in [-0.2, -0.15) is 0 Å². The SMILES string of the molecule is COc1ccc(C(=O)NCCc2ccc(OC)c(OC)c2)cc1CSc1ccccc1. The molecule has 0 spiro atoms. The second-order valence-electron chi connectivity index (χ2n) is 6.82. The minimum absolute atomic E-state index is 0.103. The number of rotatable bonds is 10. The van der Waals surface area contributed by atoms with Gasteiger partial charge >= 0.3 is 0 Å². The summed E-state index contributed by atoms with van der Waals surface area (Å²) in [6, 6.07) is 21.5. The van der Waals surface area contributed by atoms with E-state index in [1.165, 1.54) is 4.90 Å². The number of thioether (sulfide) groups is 1. The van der Waals surface area contributed by atoms with Crippen molar-refractivity contribution in [1.29, 1.82) is 0 Å². The highest BCUT2D eigenvalue weighted by Gasteiger charge is 2.11. The van der Waals surface area contributed by atoms with Gasteiger partial charge < -0.3 is 19.5 Å². The molecule has 0 aliphatic carbocycles. The largest absolute Gasteiger partial charge is 0.496 e. The Morgan fingerprint density at radius 1 is 0.839 bits per heavy atom. The van der Waals surface area contributed by atoms with Crippen LogP contribution < -0.4 is 19.5 Å². The maximum absolute atomic E-state index is 12.7. The summed E-state index contributed by atoms with van der Waals surface area (Å²) in [4.78, 5) is 13.9. The van der Waals surface area contributed by atoms with E-state index in [4.69, 9.17) is 14.2 Å². The Balaban J connectivity index is 1.61. The van der Waals surface area contributed by atoms with Crippen molar-refractivity contribution in [2.75, 3.05) is 27.9 Å². The van der Waals surface area contributed by atoms with Crippen LogP contribution in [-0.4, -0.2) is 33.8 Å². The molecule has 0 saturated heterocycles. The van der Waals surface area contributed by atoms with Gasteiger partial charge in [-0.1, -0.05) is 24.3 Å². The van der Waals surface area contributed by atoms with E-state index in [-0.39, 0.29) is 5.91 Å². The lowest BCUT2D eigenvalue weighted by atomic mass is 10.1. The molecule has 0 heterocycles. The monoisotopic (exact) mass is 437 g/mol. The Bertz CT molecular complexity index is 1010. The standard InChI is InChI=1S/C25H27NO4S/c1-28-22-12-10-19(16-20(22)17-31-21-7-5-4-6-8-21)25(27)26-14-13-18-9-11-23(29-2)24(15-18)30-3/h4-12,15-16H,13-14,17H2,1-3H3,(H,26,27). The Morgan fingerprint density at radius 3 is 2.26 bits per heavy atom. The smallest absolute Gasteiger partial charge is 0.251 e. The molecule has 0 aliphatic heterocycles. The molecule has 1 N–H and O–H groups in total. The summed E-state index contributed by atoms with van der Waals surface area (Å²) in [5.74, 6) is 2.77. The Morgan fingerprint density at radius 2 is 1.55 bits per heavy atom. The van der Waals surface area contributed by atoms with Crippen LogP contribution in [0.5, 0.6) is 17.2 Å². The predicted molar refractivity (Wildman–Crippen MR) is 125 cm³/mol. The third kappa shape index (κ3) is 6.18. The summed E-state index contributed by atoms with van der Waals surface area (Å²) >= 11 is 1.71. The number of methoxy groups -OCH3 is 3. The van der Waals surface area contributed by atoms with Crippen LogP contribution >= 0.6 is 11.8 Å². The molecular weight excluding hydrogens is 410 g/mol. The van der Waals surface area contributed by atoms with Gasteiger partial charge in [0.05, 0.1) is 21.3 Å². The third-order valence-electron chi connectivity index (χ3n) is 4.83. The van der Waals surface area contributed by atoms with E-state index in [1.54, 1.807) is 39.2 Å². The molecule has 0 bridgehead atoms. The second kappa shape index (κ2) is 11.3. The summed E-state index contributed by atoms with van der Waals surface area (Å²) in [6.45, 7) is 0.522. The minimum atomic E-state index is -0.103. The van der Waals surface area contributed by atoms with Gasteiger partial charge in [0.2, 0.25) is 0 Å². The van der Waals surface area contributed by atoms with Crippen molar-refractivity contribution < 1.29 is 19.0 Å². The van der Waals surface area contributed by atoms with Gasteiger partial charge in [0.1, 0.15) is 5.75 Å². The van der Waals surface area contributed by atoms with Crippen molar-refractivity contribution >= 4 is 17.7 Å². The first-order valence-electron chi connectivity index (χ1n) is 9.98. The van der Waals surface area contributed by atoms with Crippen LogP contribution in [0.15, 0.2) is 71.6 Å². The molecular formula is C25H27NO4S. The summed E-state index contributed by atoms with van der Waals surface area (Å²) in [5.41, 5.74) is 2.67. The summed E-state index contributed by atoms with van der Waals surface area (Å²) in [6.07, 6.45) is 0.693. The van der Waals surface area contributed by atoms with Crippen molar-refractivity contribution in [1.82, 2.24) is 5.32 Å². The number of hydrogen-bond acceptors (Lipinski definition) is 5. The quantitative estimate of drug-likeness (QED) is 0.454. The van der Waals surface area contributed by atoms with E-state index in [9.17, 15) is 4.79 Å². The van der Waals surface area contributed by atoms with Crippen molar-refractivity contribution in [2.24, 2.45) is 0 Å². The molecule has 0 aromatic heterocycles. The highest BCUT2D eigenvalue weighted by atomic mass is 32.2. The zero-order chi connectivity index (χ0) is 22.1. The highest BCUT2D eigenvalue weighted by Crippen LogP contribution is 2.29. The molecule has 0 radical (unpaired) electrons. The summed E-state index contributed by atoms with van der Waals surface area (Å²) in [7, 11) is 4.87. The summed E-state index contributed by atoms with van der Waals surface area (Å²) < 4.78 is 16.1. The molecule has 5 nitrogen and oxygen atoms in total. The molecule has 3 rings (SSSR count). The minimum Gasteiger partial charge on any atom is -0.496 e. The number of ether oxygens (including phenoxy) is 3. The highest BCUT2D eigenvalue weighted by molar-refractivity contribution is 7.98. The molecule has 3 aromatic rings. The fraction of sp³-hybridized carbons (Fsp3) is 0.240. The van der Waals surface area contributed by atoms with Gasteiger partial charge in [0.25, 0.3) is 5.91 Å². The molecule has 0 saturated carbocycles. The third-order valence-corrected chi connectivity index (χ3v) is 5.89. The van der Waals surface area contributed by atoms with Crippen LogP contribution in [0.2, 0.25) is 0 Å². The van der Waals surface area contributed by atoms with E-state index in [0.717, 1.165) is 22.6 Å². The number of benzene rings is 3. The summed E-state index contributed by atoms with van der Waals surface area (Å²) in [5, 5.41) is 2.99. The molecule has 162 valence electrons. The van der Waals surface area contributed by atoms with Gasteiger partial charge in [-0.3, -0.25) is 4.79 Å². The zero-order valence-corrected chi connectivity index (χ0v) is 18.8. The topological polar surface area (TPSA) is 56.8 Å². The number of carbonyl (C=O) groups is 1. The van der Waals surface area contributed by atoms with Crippen LogP contribution in [0.25, 0.3) is 0 Å². The van der Waals surface area contributed by atoms with Crippen molar-refractivity contribution in [3.05, 3.63) is 83.4 Å². The van der Waals surface area contributed by atoms with Crippen LogP contribution in [0.4, 0.5) is 0 Å². The van der Waals surface area contributed by atoms with E-state index in [1.807, 2.05) is 48.5 Å². The van der Waals surface area contributed by atoms with Gasteiger partial charge in [0.15, 0.2) is 11.5 Å². The van der Waals surface area contributed by atoms with Crippen molar-refractivity contribution in [2.45, 2.75) is 17.1 Å². The van der Waals surface area contributed by atoms with Crippen LogP contribution in [0.1, 0.15) is 21.5 Å². The van der Waals surface area contributed by atoms with E-state index < -0.39 is 0 Å². The molecule has 0 fully saturated rings. The number of carbonyl (C=O) groups excluding carboxylic acids is 1. The second-order valence-corrected chi connectivity index (χ2v) is 7.87. The van der Waals surface area contributed by atoms with Gasteiger partial charge in [-0.05, 0) is 54.4 Å². The van der Waals surface area contributed by atoms with Crippen LogP contribution in [0.3, 0.4) is 0 Å². The number of nitrogens with one attached hydrogen (secondary N) is 1. The van der Waals surface area contributed by atoms with Gasteiger partial charge in [0, 0.05) is 28.3 Å². The van der Waals surface area contributed by atoms with Crippen molar-refractivity contribution in [3.8, 4) is 17.2 Å². The Kier molecular flexibility index (Phi) is 8.24. The Hall–Kier alpha value is -3.12. The molecule has 0 unspecified atom stereocenters. The molecule has 0 atom stereocenters. The maximum Gasteiger partial charge on any atom is 0.251 e. The van der Waals surface area contributed by atoms with E-state index in [2.05, 4.69) is 17.4 Å². The van der Waals surface area contributed by atoms with E-state index >= 15 is 0 Å². The first kappa shape index (κ1) is 22.6. The fourth-order valence-corrected chi connectivity index (χ4v) is 4.07. The maximum atomic E-state index is 12.7. The normalized spacial score (nSPS) is 10.4. The van der Waals surface area contributed by atoms with Crippen LogP contribution in [0, 0.1) is 0 Å². The molecule has 0 aliphatic rings. The number of amides is 1. The molecule has 3 aromatic carbocycles. The van der Waals surface area contributed by atoms with Gasteiger partial charge in [-0.25, -0.2) is 0 Å². The predicted octanol–water partition coefficient (Wildman–Crippen LogP) is 4.98. The van der Waals surface area contributed by atoms with Crippen LogP contribution in [-0.2, 0) is 12.2 Å². The van der Waals surface area contributed by atoms with Crippen molar-refractivity contribution in [3.63, 3.8) is 0 Å². The lowest BCUT2D eigenvalue weighted by Crippen LogP contribution is -2.25. The fourth-order valence-electron chi connectivity index (χ4n) is 3.17. The molecule has 6 heteroatoms. The average molecular weight is 438 g/mol. The van der Waals surface area contributed by atoms with E-state index in [0.29, 0.717) is 30.0 Å². The lowest BCUT2D eigenvalue weighted by Gasteiger charge is -2.12. The average Bonchev–Trinajstić information content (AvgIpc) is 2.82. The Labute approximate surface area is 187 Å². The zero-order valence-electron chi connectivity index (χ0n) is 18.0. The molecule has 1 amide bonds. The first-order chi connectivity index (χ1) is 15.1. The molecule has 31 heavy (non-hydrogen) atoms.